The number of nitrogens with zero attached hydrogens (tertiary/aromatic N) is 4. The third-order valence-corrected chi connectivity index (χ3v) is 4.79. The topological polar surface area (TPSA) is 97.7 Å². The maximum Gasteiger partial charge on any atom is 0.255 e. The van der Waals surface area contributed by atoms with Crippen molar-refractivity contribution in [1.29, 1.82) is 0 Å². The second-order valence-electron chi connectivity index (χ2n) is 7.05. The summed E-state index contributed by atoms with van der Waals surface area (Å²) in [5.41, 5.74) is 6.36. The van der Waals surface area contributed by atoms with E-state index in [2.05, 4.69) is 25.3 Å². The third-order valence-electron chi connectivity index (χ3n) is 4.79. The lowest BCUT2D eigenvalue weighted by atomic mass is 10.0. The Labute approximate surface area is 179 Å². The minimum atomic E-state index is -0.207. The molecule has 1 N–H and O–H groups in total. The Balaban J connectivity index is 1.66. The number of nitrogens with one attached hydrogen (secondary N) is 1. The lowest BCUT2D eigenvalue weighted by Gasteiger charge is -2.11. The summed E-state index contributed by atoms with van der Waals surface area (Å²) in [7, 11) is 0. The Hall–Kier alpha value is -4.26. The fraction of sp³-hybridized carbons (Fsp3) is 0.0833. The zero-order valence-corrected chi connectivity index (χ0v) is 17.0. The van der Waals surface area contributed by atoms with Gasteiger partial charge in [-0.3, -0.25) is 19.6 Å². The zero-order valence-electron chi connectivity index (χ0n) is 17.0. The molecule has 0 radical (unpaired) electrons. The molecule has 4 aromatic rings. The van der Waals surface area contributed by atoms with Gasteiger partial charge in [0.15, 0.2) is 6.29 Å². The van der Waals surface area contributed by atoms with Gasteiger partial charge >= 0.3 is 0 Å². The van der Waals surface area contributed by atoms with Crippen molar-refractivity contribution >= 4 is 17.9 Å². The Kier molecular flexibility index (Phi) is 5.57. The summed E-state index contributed by atoms with van der Waals surface area (Å²) in [5.74, 6) is -0.207. The van der Waals surface area contributed by atoms with Gasteiger partial charge in [0, 0.05) is 40.5 Å². The molecule has 0 spiro atoms. The minimum absolute atomic E-state index is 0.207. The number of rotatable bonds is 5. The van der Waals surface area contributed by atoms with E-state index in [1.165, 1.54) is 6.33 Å². The number of hydrogen-bond donors (Lipinski definition) is 1. The molecular formula is C24H19N5O2. The van der Waals surface area contributed by atoms with Gasteiger partial charge in [-0.15, -0.1) is 0 Å². The van der Waals surface area contributed by atoms with Crippen molar-refractivity contribution in [3.8, 4) is 22.5 Å². The minimum Gasteiger partial charge on any atom is -0.322 e. The number of aldehydes is 1. The highest BCUT2D eigenvalue weighted by Gasteiger charge is 2.11. The molecule has 0 saturated heterocycles. The van der Waals surface area contributed by atoms with Gasteiger partial charge in [0.1, 0.15) is 12.0 Å². The molecule has 3 heterocycles. The number of aryl methyl sites for hydroxylation is 2. The predicted octanol–water partition coefficient (Wildman–Crippen LogP) is 4.28. The number of pyridine rings is 2. The molecule has 31 heavy (non-hydrogen) atoms. The highest BCUT2D eigenvalue weighted by atomic mass is 16.1. The molecule has 7 heteroatoms. The van der Waals surface area contributed by atoms with Crippen LogP contribution in [-0.4, -0.2) is 32.1 Å². The maximum absolute atomic E-state index is 12.6. The van der Waals surface area contributed by atoms with Crippen LogP contribution in [0.25, 0.3) is 22.5 Å². The van der Waals surface area contributed by atoms with Gasteiger partial charge in [0.2, 0.25) is 0 Å². The molecular weight excluding hydrogens is 390 g/mol. The Morgan fingerprint density at radius 1 is 0.871 bits per heavy atom. The van der Waals surface area contributed by atoms with Crippen LogP contribution in [-0.2, 0) is 0 Å². The van der Waals surface area contributed by atoms with Gasteiger partial charge in [-0.25, -0.2) is 9.97 Å². The number of hydrogen-bond acceptors (Lipinski definition) is 6. The van der Waals surface area contributed by atoms with Crippen molar-refractivity contribution in [2.24, 2.45) is 0 Å². The summed E-state index contributed by atoms with van der Waals surface area (Å²) >= 11 is 0. The van der Waals surface area contributed by atoms with Gasteiger partial charge in [0.25, 0.3) is 5.91 Å². The van der Waals surface area contributed by atoms with Gasteiger partial charge in [0.05, 0.1) is 11.4 Å². The Morgan fingerprint density at radius 2 is 1.68 bits per heavy atom. The Morgan fingerprint density at radius 3 is 2.48 bits per heavy atom. The highest BCUT2D eigenvalue weighted by molar-refractivity contribution is 6.04. The number of aromatic nitrogens is 4. The van der Waals surface area contributed by atoms with E-state index >= 15 is 0 Å². The third kappa shape index (κ3) is 4.51. The van der Waals surface area contributed by atoms with Crippen LogP contribution in [0.2, 0.25) is 0 Å². The van der Waals surface area contributed by atoms with Gasteiger partial charge in [-0.2, -0.15) is 0 Å². The monoisotopic (exact) mass is 409 g/mol. The molecule has 0 atom stereocenters. The van der Waals surface area contributed by atoms with Crippen LogP contribution in [0.1, 0.15) is 32.1 Å². The molecule has 1 aromatic carbocycles. The fourth-order valence-electron chi connectivity index (χ4n) is 3.20. The lowest BCUT2D eigenvalue weighted by molar-refractivity contribution is 0.102. The molecule has 4 rings (SSSR count). The molecule has 3 aromatic heterocycles. The predicted molar refractivity (Wildman–Crippen MR) is 118 cm³/mol. The summed E-state index contributed by atoms with van der Waals surface area (Å²) in [4.78, 5) is 40.5. The highest BCUT2D eigenvalue weighted by Crippen LogP contribution is 2.28. The summed E-state index contributed by atoms with van der Waals surface area (Å²) in [6, 6.07) is 14.4. The first-order valence-electron chi connectivity index (χ1n) is 9.62. The smallest absolute Gasteiger partial charge is 0.255 e. The summed E-state index contributed by atoms with van der Waals surface area (Å²) in [6.45, 7) is 3.82. The standard InChI is InChI=1S/C24H19N5O2/c1-15-3-4-19(29-24(31)18-6-7-25-16(2)9-18)11-21(15)23-12-22(27-14-28-23)17-5-8-26-20(10-17)13-30/h3-14H,1-2H3,(H,29,31). The average Bonchev–Trinajstić information content (AvgIpc) is 2.80. The van der Waals surface area contributed by atoms with E-state index in [1.807, 2.05) is 38.1 Å². The zero-order chi connectivity index (χ0) is 21.8. The van der Waals surface area contributed by atoms with Crippen molar-refractivity contribution < 1.29 is 9.59 Å². The van der Waals surface area contributed by atoms with E-state index in [0.717, 1.165) is 22.4 Å². The molecule has 7 nitrogen and oxygen atoms in total. The first kappa shape index (κ1) is 20.0. The normalized spacial score (nSPS) is 10.5. The number of carbonyl (C=O) groups excluding carboxylic acids is 2. The molecule has 0 aliphatic rings. The second-order valence-corrected chi connectivity index (χ2v) is 7.05. The van der Waals surface area contributed by atoms with Crippen LogP contribution in [0.5, 0.6) is 0 Å². The summed E-state index contributed by atoms with van der Waals surface area (Å²) in [5, 5.41) is 2.93. The van der Waals surface area contributed by atoms with Crippen molar-refractivity contribution in [1.82, 2.24) is 19.9 Å². The van der Waals surface area contributed by atoms with Crippen molar-refractivity contribution in [3.63, 3.8) is 0 Å². The quantitative estimate of drug-likeness (QED) is 0.494. The van der Waals surface area contributed by atoms with Crippen LogP contribution in [0.15, 0.2) is 67.3 Å². The van der Waals surface area contributed by atoms with Crippen molar-refractivity contribution in [2.75, 3.05) is 5.32 Å². The lowest BCUT2D eigenvalue weighted by Crippen LogP contribution is -2.12. The van der Waals surface area contributed by atoms with E-state index in [-0.39, 0.29) is 5.91 Å². The molecule has 0 unspecified atom stereocenters. The molecule has 0 bridgehead atoms. The van der Waals surface area contributed by atoms with Crippen molar-refractivity contribution in [2.45, 2.75) is 13.8 Å². The number of anilines is 1. The van der Waals surface area contributed by atoms with E-state index in [9.17, 15) is 9.59 Å². The van der Waals surface area contributed by atoms with E-state index < -0.39 is 0 Å². The summed E-state index contributed by atoms with van der Waals surface area (Å²) in [6.07, 6.45) is 5.37. The molecule has 0 saturated carbocycles. The van der Waals surface area contributed by atoms with Gasteiger partial charge in [-0.1, -0.05) is 6.07 Å². The SMILES string of the molecule is Cc1cc(C(=O)Nc2ccc(C)c(-c3cc(-c4ccnc(C=O)c4)ncn3)c2)ccn1. The molecule has 152 valence electrons. The average molecular weight is 409 g/mol. The van der Waals surface area contributed by atoms with Crippen LogP contribution in [0.4, 0.5) is 5.69 Å². The van der Waals surface area contributed by atoms with E-state index in [0.29, 0.717) is 34.6 Å². The van der Waals surface area contributed by atoms with Crippen LogP contribution in [0, 0.1) is 13.8 Å². The molecule has 1 amide bonds. The van der Waals surface area contributed by atoms with E-state index in [4.69, 9.17) is 0 Å². The van der Waals surface area contributed by atoms with Gasteiger partial charge in [-0.05, 0) is 61.9 Å². The first-order valence-corrected chi connectivity index (χ1v) is 9.62. The molecule has 0 fully saturated rings. The largest absolute Gasteiger partial charge is 0.322 e. The first-order chi connectivity index (χ1) is 15.0. The maximum atomic E-state index is 12.6. The van der Waals surface area contributed by atoms with E-state index in [1.54, 1.807) is 36.7 Å². The molecule has 0 aliphatic carbocycles. The second kappa shape index (κ2) is 8.62. The fourth-order valence-corrected chi connectivity index (χ4v) is 3.20. The van der Waals surface area contributed by atoms with Gasteiger partial charge < -0.3 is 5.32 Å². The van der Waals surface area contributed by atoms with Crippen LogP contribution < -0.4 is 5.32 Å². The van der Waals surface area contributed by atoms with Crippen LogP contribution in [0.3, 0.4) is 0 Å². The number of carbonyl (C=O) groups is 2. The number of benzene rings is 1. The number of amides is 1. The van der Waals surface area contributed by atoms with Crippen molar-refractivity contribution in [3.05, 3.63) is 89.8 Å². The molecule has 0 aliphatic heterocycles. The summed E-state index contributed by atoms with van der Waals surface area (Å²) < 4.78 is 0. The van der Waals surface area contributed by atoms with Crippen LogP contribution >= 0.6 is 0 Å². The Bertz CT molecular complexity index is 1290.